The van der Waals surface area contributed by atoms with Gasteiger partial charge in [-0.05, 0) is 46.0 Å². The van der Waals surface area contributed by atoms with Gasteiger partial charge in [0, 0.05) is 0 Å². The average molecular weight is 192 g/mol. The summed E-state index contributed by atoms with van der Waals surface area (Å²) >= 11 is 0. The molecule has 0 N–H and O–H groups in total. The Morgan fingerprint density at radius 2 is 1.93 bits per heavy atom. The molecule has 0 aliphatic heterocycles. The number of hydrogen-bond donors (Lipinski definition) is 0. The van der Waals surface area contributed by atoms with Crippen LogP contribution in [-0.4, -0.2) is 0 Å². The van der Waals surface area contributed by atoms with E-state index < -0.39 is 0 Å². The Labute approximate surface area is 89.4 Å². The van der Waals surface area contributed by atoms with Crippen LogP contribution in [0.5, 0.6) is 0 Å². The number of rotatable bonds is 7. The topological polar surface area (TPSA) is 0 Å². The molecule has 0 aromatic carbocycles. The Hall–Kier alpha value is -0.780. The minimum Gasteiger partial charge on any atom is -0.103 e. The molecular formula is C14H24. The summed E-state index contributed by atoms with van der Waals surface area (Å²) in [5, 5.41) is 0. The minimum absolute atomic E-state index is 1.10. The second-order valence-corrected chi connectivity index (χ2v) is 3.72. The van der Waals surface area contributed by atoms with Gasteiger partial charge in [0.25, 0.3) is 0 Å². The molecule has 0 heterocycles. The molecule has 80 valence electrons. The summed E-state index contributed by atoms with van der Waals surface area (Å²) in [4.78, 5) is 0. The van der Waals surface area contributed by atoms with Crippen molar-refractivity contribution in [2.24, 2.45) is 0 Å². The van der Waals surface area contributed by atoms with Crippen LogP contribution in [0.4, 0.5) is 0 Å². The summed E-state index contributed by atoms with van der Waals surface area (Å²) in [7, 11) is 0. The smallest absolute Gasteiger partial charge is 0.0283 e. The summed E-state index contributed by atoms with van der Waals surface area (Å²) in [6.07, 6.45) is 12.4. The van der Waals surface area contributed by atoms with Crippen molar-refractivity contribution >= 4 is 0 Å². The maximum atomic E-state index is 3.72. The van der Waals surface area contributed by atoms with Crippen molar-refractivity contribution in [3.8, 4) is 0 Å². The van der Waals surface area contributed by atoms with Crippen LogP contribution >= 0.6 is 0 Å². The highest BCUT2D eigenvalue weighted by molar-refractivity contribution is 5.06. The van der Waals surface area contributed by atoms with E-state index in [2.05, 4.69) is 39.5 Å². The van der Waals surface area contributed by atoms with Crippen molar-refractivity contribution in [3.63, 3.8) is 0 Å². The second kappa shape index (κ2) is 8.80. The number of allylic oxidation sites excluding steroid dienone is 5. The van der Waals surface area contributed by atoms with Gasteiger partial charge in [-0.3, -0.25) is 0 Å². The highest BCUT2D eigenvalue weighted by Gasteiger charge is 1.94. The van der Waals surface area contributed by atoms with Crippen molar-refractivity contribution in [3.05, 3.63) is 36.0 Å². The highest BCUT2D eigenvalue weighted by Crippen LogP contribution is 2.14. The maximum Gasteiger partial charge on any atom is -0.0283 e. The Bertz CT molecular complexity index is 206. The van der Waals surface area contributed by atoms with Crippen LogP contribution in [0, 0.1) is 0 Å². The van der Waals surface area contributed by atoms with Crippen molar-refractivity contribution in [2.75, 3.05) is 0 Å². The van der Waals surface area contributed by atoms with E-state index >= 15 is 0 Å². The average Bonchev–Trinajstić information content (AvgIpc) is 2.20. The van der Waals surface area contributed by atoms with Crippen LogP contribution in [0.2, 0.25) is 0 Å². The van der Waals surface area contributed by atoms with Gasteiger partial charge in [-0.25, -0.2) is 0 Å². The van der Waals surface area contributed by atoms with E-state index in [-0.39, 0.29) is 0 Å². The fourth-order valence-electron chi connectivity index (χ4n) is 1.43. The molecule has 0 radical (unpaired) electrons. The molecule has 0 heteroatoms. The van der Waals surface area contributed by atoms with Gasteiger partial charge >= 0.3 is 0 Å². The van der Waals surface area contributed by atoms with Gasteiger partial charge in [-0.1, -0.05) is 36.3 Å². The molecular weight excluding hydrogens is 168 g/mol. The normalized spacial score (nSPS) is 13.1. The summed E-state index contributed by atoms with van der Waals surface area (Å²) in [6.45, 7) is 10.3. The van der Waals surface area contributed by atoms with Crippen molar-refractivity contribution in [2.45, 2.75) is 52.9 Å². The van der Waals surface area contributed by atoms with E-state index in [0.29, 0.717) is 0 Å². The molecule has 0 unspecified atom stereocenters. The van der Waals surface area contributed by atoms with E-state index in [1.807, 2.05) is 6.08 Å². The quantitative estimate of drug-likeness (QED) is 0.392. The predicted molar refractivity (Wildman–Crippen MR) is 66.5 cm³/mol. The van der Waals surface area contributed by atoms with Crippen LogP contribution < -0.4 is 0 Å². The summed E-state index contributed by atoms with van der Waals surface area (Å²) in [5.74, 6) is 0. The molecule has 0 nitrogen and oxygen atoms in total. The van der Waals surface area contributed by atoms with Gasteiger partial charge in [0.2, 0.25) is 0 Å². The third-order valence-electron chi connectivity index (χ3n) is 2.57. The Morgan fingerprint density at radius 3 is 2.43 bits per heavy atom. The van der Waals surface area contributed by atoms with Gasteiger partial charge in [0.15, 0.2) is 0 Å². The molecule has 0 aromatic heterocycles. The van der Waals surface area contributed by atoms with Crippen LogP contribution in [-0.2, 0) is 0 Å². The molecule has 0 aliphatic carbocycles. The lowest BCUT2D eigenvalue weighted by atomic mass is 10.0. The second-order valence-electron chi connectivity index (χ2n) is 3.72. The van der Waals surface area contributed by atoms with Crippen molar-refractivity contribution < 1.29 is 0 Å². The first kappa shape index (κ1) is 13.2. The van der Waals surface area contributed by atoms with E-state index in [1.165, 1.54) is 24.8 Å². The number of hydrogen-bond acceptors (Lipinski definition) is 0. The molecule has 0 rings (SSSR count). The molecule has 0 bridgehead atoms. The van der Waals surface area contributed by atoms with E-state index in [0.717, 1.165) is 12.8 Å². The fraction of sp³-hybridized carbons (Fsp3) is 0.571. The zero-order valence-electron chi connectivity index (χ0n) is 9.97. The van der Waals surface area contributed by atoms with Gasteiger partial charge in [0.1, 0.15) is 0 Å². The lowest BCUT2D eigenvalue weighted by Crippen LogP contribution is -1.83. The molecule has 0 fully saturated rings. The zero-order valence-corrected chi connectivity index (χ0v) is 9.97. The molecule has 0 atom stereocenters. The van der Waals surface area contributed by atoms with Crippen LogP contribution in [0.25, 0.3) is 0 Å². The molecule has 0 aliphatic rings. The molecule has 0 saturated carbocycles. The number of unbranched alkanes of at least 4 members (excludes halogenated alkanes) is 1. The van der Waals surface area contributed by atoms with E-state index in [1.54, 1.807) is 5.57 Å². The van der Waals surface area contributed by atoms with Gasteiger partial charge < -0.3 is 0 Å². The molecule has 0 spiro atoms. The fourth-order valence-corrected chi connectivity index (χ4v) is 1.43. The first-order chi connectivity index (χ1) is 6.74. The van der Waals surface area contributed by atoms with Gasteiger partial charge in [-0.2, -0.15) is 0 Å². The monoisotopic (exact) mass is 192 g/mol. The third kappa shape index (κ3) is 6.71. The summed E-state index contributed by atoms with van der Waals surface area (Å²) in [6, 6.07) is 0. The largest absolute Gasteiger partial charge is 0.103 e. The lowest BCUT2D eigenvalue weighted by molar-refractivity contribution is 0.861. The van der Waals surface area contributed by atoms with Crippen LogP contribution in [0.1, 0.15) is 52.9 Å². The first-order valence-corrected chi connectivity index (χ1v) is 5.65. The standard InChI is InChI=1S/C14H24/c1-5-8-9-10-13(4)11-12-14(6-2)7-3/h5-6,10H,1,7-9,11-12H2,2-4H3/b13-10?,14-6-. The van der Waals surface area contributed by atoms with Crippen LogP contribution in [0.3, 0.4) is 0 Å². The predicted octanol–water partition coefficient (Wildman–Crippen LogP) is 5.04. The molecule has 14 heavy (non-hydrogen) atoms. The maximum absolute atomic E-state index is 3.72. The van der Waals surface area contributed by atoms with Crippen molar-refractivity contribution in [1.29, 1.82) is 0 Å². The van der Waals surface area contributed by atoms with Gasteiger partial charge in [-0.15, -0.1) is 6.58 Å². The molecule has 0 saturated heterocycles. The zero-order chi connectivity index (χ0) is 10.8. The highest BCUT2D eigenvalue weighted by atomic mass is 14.0. The Kier molecular flexibility index (Phi) is 8.31. The third-order valence-corrected chi connectivity index (χ3v) is 2.57. The van der Waals surface area contributed by atoms with Crippen molar-refractivity contribution in [1.82, 2.24) is 0 Å². The Morgan fingerprint density at radius 1 is 1.21 bits per heavy atom. The van der Waals surface area contributed by atoms with Crippen LogP contribution in [0.15, 0.2) is 36.0 Å². The van der Waals surface area contributed by atoms with Gasteiger partial charge in [0.05, 0.1) is 0 Å². The van der Waals surface area contributed by atoms with E-state index in [4.69, 9.17) is 0 Å². The lowest BCUT2D eigenvalue weighted by Gasteiger charge is -2.04. The Balaban J connectivity index is 3.76. The SMILES string of the molecule is C=CCCC=C(C)CC/C(=C\C)CC. The summed E-state index contributed by atoms with van der Waals surface area (Å²) < 4.78 is 0. The van der Waals surface area contributed by atoms with E-state index in [9.17, 15) is 0 Å². The molecule has 0 aromatic rings. The summed E-state index contributed by atoms with van der Waals surface area (Å²) in [5.41, 5.74) is 3.08. The minimum atomic E-state index is 1.10. The first-order valence-electron chi connectivity index (χ1n) is 5.65. The molecule has 0 amide bonds.